The van der Waals surface area contributed by atoms with Gasteiger partial charge in [0.25, 0.3) is 0 Å². The standard InChI is InChI=1S/C13H21N.C7H8N4.C2H6/c1-3-8-13(9-4-2)12-14-10-6-5-7-11-14;1-8-6-5-2-3-9-7(5)11-4-10-6;1-2/h3-4,8-9H,1,5-7,10-12H2,2H3;2-4H,1H3,(H2,8,9,10,11);1-2H3/b9-4-,13-8+;;. The van der Waals surface area contributed by atoms with Crippen molar-refractivity contribution in [2.24, 2.45) is 0 Å². The third-order valence-corrected chi connectivity index (χ3v) is 4.16. The maximum Gasteiger partial charge on any atom is 0.142 e. The number of aromatic amines is 1. The lowest BCUT2D eigenvalue weighted by molar-refractivity contribution is 0.248. The Hall–Kier alpha value is -2.40. The fourth-order valence-electron chi connectivity index (χ4n) is 2.97. The zero-order valence-electron chi connectivity index (χ0n) is 17.3. The van der Waals surface area contributed by atoms with Crippen LogP contribution in [0.25, 0.3) is 11.0 Å². The maximum atomic E-state index is 4.06. The van der Waals surface area contributed by atoms with Crippen LogP contribution in [0.4, 0.5) is 5.82 Å². The summed E-state index contributed by atoms with van der Waals surface area (Å²) in [5, 5.41) is 4.01. The minimum atomic E-state index is 0.858. The molecule has 148 valence electrons. The quantitative estimate of drug-likeness (QED) is 0.712. The summed E-state index contributed by atoms with van der Waals surface area (Å²) in [5.74, 6) is 0.858. The third kappa shape index (κ3) is 7.79. The van der Waals surface area contributed by atoms with E-state index >= 15 is 0 Å². The predicted octanol–water partition coefficient (Wildman–Crippen LogP) is 5.19. The van der Waals surface area contributed by atoms with Gasteiger partial charge in [-0.25, -0.2) is 9.97 Å². The first-order valence-electron chi connectivity index (χ1n) is 9.91. The summed E-state index contributed by atoms with van der Waals surface area (Å²) in [7, 11) is 1.84. The van der Waals surface area contributed by atoms with Gasteiger partial charge >= 0.3 is 0 Å². The molecule has 2 aromatic rings. The number of allylic oxidation sites excluding steroid dienone is 3. The number of nitrogens with one attached hydrogen (secondary N) is 2. The fraction of sp³-hybridized carbons (Fsp3) is 0.455. The van der Waals surface area contributed by atoms with Gasteiger partial charge in [-0.3, -0.25) is 4.90 Å². The molecule has 1 saturated heterocycles. The van der Waals surface area contributed by atoms with Crippen LogP contribution in [-0.2, 0) is 0 Å². The van der Waals surface area contributed by atoms with Crippen LogP contribution in [0.3, 0.4) is 0 Å². The first kappa shape index (κ1) is 22.6. The van der Waals surface area contributed by atoms with Crippen LogP contribution in [0.15, 0.2) is 55.0 Å². The second-order valence-electron chi connectivity index (χ2n) is 6.03. The summed E-state index contributed by atoms with van der Waals surface area (Å²) in [6.45, 7) is 13.4. The number of aromatic nitrogens is 3. The minimum absolute atomic E-state index is 0.858. The number of piperidine rings is 1. The van der Waals surface area contributed by atoms with Crippen LogP contribution >= 0.6 is 0 Å². The van der Waals surface area contributed by atoms with Gasteiger partial charge in [0.2, 0.25) is 0 Å². The molecule has 0 bridgehead atoms. The largest absolute Gasteiger partial charge is 0.372 e. The van der Waals surface area contributed by atoms with Crippen molar-refractivity contribution >= 4 is 16.9 Å². The number of anilines is 1. The molecule has 0 spiro atoms. The Morgan fingerprint density at radius 2 is 2.00 bits per heavy atom. The Morgan fingerprint density at radius 3 is 2.63 bits per heavy atom. The Kier molecular flexibility index (Phi) is 11.5. The van der Waals surface area contributed by atoms with E-state index in [2.05, 4.69) is 56.9 Å². The van der Waals surface area contributed by atoms with Crippen LogP contribution < -0.4 is 5.32 Å². The summed E-state index contributed by atoms with van der Waals surface area (Å²) >= 11 is 0. The number of H-pyrrole nitrogens is 1. The van der Waals surface area contributed by atoms with Gasteiger partial charge in [0.1, 0.15) is 17.8 Å². The number of likely N-dealkylation sites (tertiary alicyclic amines) is 1. The smallest absolute Gasteiger partial charge is 0.142 e. The normalized spacial score (nSPS) is 14.9. The zero-order valence-corrected chi connectivity index (χ0v) is 17.3. The average Bonchev–Trinajstić information content (AvgIpc) is 3.20. The Balaban J connectivity index is 0.000000252. The number of fused-ring (bicyclic) bond motifs is 1. The van der Waals surface area contributed by atoms with Gasteiger partial charge in [-0.1, -0.05) is 51.2 Å². The molecule has 1 fully saturated rings. The van der Waals surface area contributed by atoms with Gasteiger partial charge < -0.3 is 10.3 Å². The molecular weight excluding hydrogens is 334 g/mol. The van der Waals surface area contributed by atoms with Crippen molar-refractivity contribution in [1.29, 1.82) is 0 Å². The third-order valence-electron chi connectivity index (χ3n) is 4.16. The Labute approximate surface area is 164 Å². The average molecular weight is 370 g/mol. The highest BCUT2D eigenvalue weighted by molar-refractivity contribution is 5.86. The summed E-state index contributed by atoms with van der Waals surface area (Å²) in [5.41, 5.74) is 2.23. The fourth-order valence-corrected chi connectivity index (χ4v) is 2.97. The lowest BCUT2D eigenvalue weighted by Gasteiger charge is -2.26. The van der Waals surface area contributed by atoms with E-state index in [1.807, 2.05) is 39.2 Å². The molecule has 27 heavy (non-hydrogen) atoms. The van der Waals surface area contributed by atoms with Gasteiger partial charge in [-0.2, -0.15) is 0 Å². The highest BCUT2D eigenvalue weighted by Crippen LogP contribution is 2.16. The van der Waals surface area contributed by atoms with Crippen LogP contribution in [-0.4, -0.2) is 46.5 Å². The molecule has 5 nitrogen and oxygen atoms in total. The van der Waals surface area contributed by atoms with Crippen molar-refractivity contribution in [2.45, 2.75) is 40.0 Å². The predicted molar refractivity (Wildman–Crippen MR) is 118 cm³/mol. The van der Waals surface area contributed by atoms with E-state index in [-0.39, 0.29) is 0 Å². The molecule has 0 saturated carbocycles. The van der Waals surface area contributed by atoms with Crippen LogP contribution in [0.1, 0.15) is 40.0 Å². The molecule has 0 radical (unpaired) electrons. The van der Waals surface area contributed by atoms with E-state index in [1.54, 1.807) is 0 Å². The minimum Gasteiger partial charge on any atom is -0.372 e. The summed E-state index contributed by atoms with van der Waals surface area (Å²) < 4.78 is 0. The number of hydrogen-bond acceptors (Lipinski definition) is 4. The van der Waals surface area contributed by atoms with Crippen molar-refractivity contribution in [1.82, 2.24) is 19.9 Å². The molecule has 0 aromatic carbocycles. The molecule has 0 amide bonds. The molecule has 3 rings (SSSR count). The second kappa shape index (κ2) is 13.8. The lowest BCUT2D eigenvalue weighted by atomic mass is 10.1. The van der Waals surface area contributed by atoms with Gasteiger partial charge in [-0.15, -0.1) is 0 Å². The monoisotopic (exact) mass is 369 g/mol. The first-order chi connectivity index (χ1) is 13.3. The number of rotatable bonds is 5. The molecule has 1 aliphatic heterocycles. The molecule has 5 heteroatoms. The molecular formula is C22H35N5. The van der Waals surface area contributed by atoms with Gasteiger partial charge in [0.15, 0.2) is 0 Å². The van der Waals surface area contributed by atoms with Gasteiger partial charge in [0, 0.05) is 19.8 Å². The maximum absolute atomic E-state index is 4.06. The van der Waals surface area contributed by atoms with Crippen molar-refractivity contribution < 1.29 is 0 Å². The molecule has 0 atom stereocenters. The molecule has 3 heterocycles. The van der Waals surface area contributed by atoms with Gasteiger partial charge in [-0.05, 0) is 44.5 Å². The molecule has 0 aliphatic carbocycles. The highest BCUT2D eigenvalue weighted by Gasteiger charge is 2.09. The topological polar surface area (TPSA) is 56.8 Å². The van der Waals surface area contributed by atoms with Crippen molar-refractivity contribution in [3.63, 3.8) is 0 Å². The summed E-state index contributed by atoms with van der Waals surface area (Å²) in [4.78, 5) is 13.6. The number of hydrogen-bond donors (Lipinski definition) is 2. The number of nitrogens with zero attached hydrogens (tertiary/aromatic N) is 3. The Morgan fingerprint density at radius 1 is 1.26 bits per heavy atom. The summed E-state index contributed by atoms with van der Waals surface area (Å²) in [6.07, 6.45) is 15.8. The van der Waals surface area contributed by atoms with Crippen molar-refractivity contribution in [3.05, 3.63) is 55.0 Å². The van der Waals surface area contributed by atoms with E-state index in [0.29, 0.717) is 0 Å². The Bertz CT molecular complexity index is 708. The van der Waals surface area contributed by atoms with E-state index in [9.17, 15) is 0 Å². The van der Waals surface area contributed by atoms with Crippen LogP contribution in [0.5, 0.6) is 0 Å². The van der Waals surface area contributed by atoms with Crippen molar-refractivity contribution in [2.75, 3.05) is 32.0 Å². The van der Waals surface area contributed by atoms with E-state index in [1.165, 1.54) is 44.3 Å². The second-order valence-corrected chi connectivity index (χ2v) is 6.03. The van der Waals surface area contributed by atoms with E-state index in [4.69, 9.17) is 0 Å². The highest BCUT2D eigenvalue weighted by atomic mass is 15.1. The van der Waals surface area contributed by atoms with Crippen LogP contribution in [0.2, 0.25) is 0 Å². The summed E-state index contributed by atoms with van der Waals surface area (Å²) in [6, 6.07) is 1.95. The van der Waals surface area contributed by atoms with Crippen molar-refractivity contribution in [3.8, 4) is 0 Å². The molecule has 1 aliphatic rings. The van der Waals surface area contributed by atoms with Gasteiger partial charge in [0.05, 0.1) is 5.39 Å². The zero-order chi connectivity index (χ0) is 19.9. The SMILES string of the molecule is C=C/C=C(\C=C/C)CN1CCCCC1.CC.CNc1ncnc2[nH]ccc12. The lowest BCUT2D eigenvalue weighted by Crippen LogP contribution is -2.31. The molecule has 2 N–H and O–H groups in total. The molecule has 2 aromatic heterocycles. The van der Waals surface area contributed by atoms with E-state index in [0.717, 1.165) is 23.4 Å². The van der Waals surface area contributed by atoms with Crippen LogP contribution in [0, 0.1) is 0 Å². The molecule has 0 unspecified atom stereocenters. The first-order valence-corrected chi connectivity index (χ1v) is 9.91. The van der Waals surface area contributed by atoms with E-state index < -0.39 is 0 Å².